The van der Waals surface area contributed by atoms with Gasteiger partial charge in [0, 0.05) is 24.8 Å². The second-order valence-corrected chi connectivity index (χ2v) is 7.87. The van der Waals surface area contributed by atoms with Gasteiger partial charge in [0.1, 0.15) is 5.69 Å². The lowest BCUT2D eigenvalue weighted by Gasteiger charge is -2.26. The van der Waals surface area contributed by atoms with Crippen LogP contribution in [0.5, 0.6) is 0 Å². The van der Waals surface area contributed by atoms with Gasteiger partial charge >= 0.3 is 0 Å². The molecule has 144 valence electrons. The van der Waals surface area contributed by atoms with Crippen molar-refractivity contribution >= 4 is 27.1 Å². The van der Waals surface area contributed by atoms with Crippen LogP contribution >= 0.6 is 0 Å². The zero-order chi connectivity index (χ0) is 19.4. The smallest absolute Gasteiger partial charge is 0.294 e. The SMILES string of the molecule is O=[N+]([O-])c1cc(S(=O)(=O)N2CCOCC2)ccc1Nc1cccc(CO)c1. The zero-order valence-corrected chi connectivity index (χ0v) is 15.2. The predicted octanol–water partition coefficient (Wildman–Crippen LogP) is 1.85. The van der Waals surface area contributed by atoms with Gasteiger partial charge in [-0.2, -0.15) is 4.31 Å². The number of aliphatic hydroxyl groups excluding tert-OH is 1. The van der Waals surface area contributed by atoms with Gasteiger partial charge in [0.2, 0.25) is 10.0 Å². The van der Waals surface area contributed by atoms with E-state index in [-0.39, 0.29) is 36.0 Å². The van der Waals surface area contributed by atoms with Crippen molar-refractivity contribution < 1.29 is 23.2 Å². The summed E-state index contributed by atoms with van der Waals surface area (Å²) in [6, 6.07) is 10.5. The lowest BCUT2D eigenvalue weighted by Crippen LogP contribution is -2.40. The Labute approximate surface area is 156 Å². The third kappa shape index (κ3) is 4.25. The summed E-state index contributed by atoms with van der Waals surface area (Å²) in [5.41, 5.74) is 1.01. The maximum Gasteiger partial charge on any atom is 0.294 e. The van der Waals surface area contributed by atoms with Crippen LogP contribution in [0.1, 0.15) is 5.56 Å². The fourth-order valence-electron chi connectivity index (χ4n) is 2.77. The summed E-state index contributed by atoms with van der Waals surface area (Å²) in [5, 5.41) is 23.6. The Hall–Kier alpha value is -2.53. The second kappa shape index (κ2) is 8.01. The Morgan fingerprint density at radius 2 is 1.93 bits per heavy atom. The van der Waals surface area contributed by atoms with E-state index in [0.717, 1.165) is 6.07 Å². The van der Waals surface area contributed by atoms with E-state index in [2.05, 4.69) is 5.32 Å². The van der Waals surface area contributed by atoms with Crippen molar-refractivity contribution in [3.8, 4) is 0 Å². The predicted molar refractivity (Wildman–Crippen MR) is 98.3 cm³/mol. The summed E-state index contributed by atoms with van der Waals surface area (Å²) in [7, 11) is -3.83. The van der Waals surface area contributed by atoms with Crippen molar-refractivity contribution in [2.45, 2.75) is 11.5 Å². The zero-order valence-electron chi connectivity index (χ0n) is 14.4. The Balaban J connectivity index is 1.94. The molecule has 1 aliphatic rings. The van der Waals surface area contributed by atoms with E-state index >= 15 is 0 Å². The molecule has 0 bridgehead atoms. The molecule has 2 N–H and O–H groups in total. The van der Waals surface area contributed by atoms with Crippen LogP contribution in [0.15, 0.2) is 47.4 Å². The van der Waals surface area contributed by atoms with Gasteiger partial charge in [-0.05, 0) is 29.8 Å². The van der Waals surface area contributed by atoms with Crippen molar-refractivity contribution in [1.29, 1.82) is 0 Å². The van der Waals surface area contributed by atoms with E-state index in [1.54, 1.807) is 24.3 Å². The molecule has 2 aromatic rings. The minimum Gasteiger partial charge on any atom is -0.392 e. The van der Waals surface area contributed by atoms with Crippen molar-refractivity contribution in [2.24, 2.45) is 0 Å². The van der Waals surface area contributed by atoms with Crippen LogP contribution in [0.2, 0.25) is 0 Å². The Kier molecular flexibility index (Phi) is 5.71. The minimum atomic E-state index is -3.83. The van der Waals surface area contributed by atoms with Gasteiger partial charge in [-0.15, -0.1) is 0 Å². The normalized spacial score (nSPS) is 15.4. The van der Waals surface area contributed by atoms with Crippen LogP contribution in [0, 0.1) is 10.1 Å². The number of hydrogen-bond donors (Lipinski definition) is 2. The van der Waals surface area contributed by atoms with E-state index in [0.29, 0.717) is 24.5 Å². The number of nitro benzene ring substituents is 1. The first kappa shape index (κ1) is 19.2. The fraction of sp³-hybridized carbons (Fsp3) is 0.294. The number of aliphatic hydroxyl groups is 1. The van der Waals surface area contributed by atoms with Crippen molar-refractivity contribution in [3.05, 3.63) is 58.1 Å². The van der Waals surface area contributed by atoms with Crippen LogP contribution in [-0.2, 0) is 21.4 Å². The number of rotatable bonds is 6. The molecule has 27 heavy (non-hydrogen) atoms. The lowest BCUT2D eigenvalue weighted by molar-refractivity contribution is -0.384. The van der Waals surface area contributed by atoms with E-state index in [4.69, 9.17) is 4.74 Å². The molecule has 1 fully saturated rings. The topological polar surface area (TPSA) is 122 Å². The highest BCUT2D eigenvalue weighted by Crippen LogP contribution is 2.31. The first-order valence-corrected chi connectivity index (χ1v) is 9.69. The number of morpholine rings is 1. The molecule has 1 aliphatic heterocycles. The summed E-state index contributed by atoms with van der Waals surface area (Å²) in [6.07, 6.45) is 0. The van der Waals surface area contributed by atoms with Crippen molar-refractivity contribution in [1.82, 2.24) is 4.31 Å². The number of nitrogens with zero attached hydrogens (tertiary/aromatic N) is 2. The van der Waals surface area contributed by atoms with Gasteiger partial charge in [0.05, 0.1) is 29.6 Å². The Morgan fingerprint density at radius 3 is 2.59 bits per heavy atom. The highest BCUT2D eigenvalue weighted by atomic mass is 32.2. The molecular formula is C17H19N3O6S. The molecule has 0 spiro atoms. The number of sulfonamides is 1. The Bertz CT molecular complexity index is 941. The van der Waals surface area contributed by atoms with Crippen molar-refractivity contribution in [3.63, 3.8) is 0 Å². The van der Waals surface area contributed by atoms with Crippen LogP contribution in [-0.4, -0.2) is 49.1 Å². The number of benzene rings is 2. The first-order valence-electron chi connectivity index (χ1n) is 8.25. The largest absolute Gasteiger partial charge is 0.392 e. The number of anilines is 2. The van der Waals surface area contributed by atoms with Crippen LogP contribution in [0.4, 0.5) is 17.1 Å². The number of ether oxygens (including phenoxy) is 1. The maximum absolute atomic E-state index is 12.7. The molecule has 0 aromatic heterocycles. The molecule has 0 aliphatic carbocycles. The van der Waals surface area contributed by atoms with Gasteiger partial charge in [-0.25, -0.2) is 8.42 Å². The summed E-state index contributed by atoms with van der Waals surface area (Å²) in [4.78, 5) is 10.7. The van der Waals surface area contributed by atoms with E-state index in [1.807, 2.05) is 0 Å². The lowest BCUT2D eigenvalue weighted by atomic mass is 10.2. The quantitative estimate of drug-likeness (QED) is 0.567. The average molecular weight is 393 g/mol. The molecule has 1 saturated heterocycles. The molecule has 3 rings (SSSR count). The van der Waals surface area contributed by atoms with E-state index in [9.17, 15) is 23.6 Å². The third-order valence-corrected chi connectivity index (χ3v) is 6.06. The summed E-state index contributed by atoms with van der Waals surface area (Å²) < 4.78 is 31.8. The van der Waals surface area contributed by atoms with Gasteiger partial charge in [-0.3, -0.25) is 10.1 Å². The molecule has 2 aromatic carbocycles. The molecular weight excluding hydrogens is 374 g/mol. The fourth-order valence-corrected chi connectivity index (χ4v) is 4.20. The summed E-state index contributed by atoms with van der Waals surface area (Å²) in [5.74, 6) is 0. The monoisotopic (exact) mass is 393 g/mol. The molecule has 1 heterocycles. The van der Waals surface area contributed by atoms with Gasteiger partial charge in [0.25, 0.3) is 5.69 Å². The maximum atomic E-state index is 12.7. The molecule has 0 saturated carbocycles. The number of nitrogens with one attached hydrogen (secondary N) is 1. The summed E-state index contributed by atoms with van der Waals surface area (Å²) >= 11 is 0. The highest BCUT2D eigenvalue weighted by molar-refractivity contribution is 7.89. The van der Waals surface area contributed by atoms with Gasteiger partial charge in [0.15, 0.2) is 0 Å². The van der Waals surface area contributed by atoms with Crippen LogP contribution < -0.4 is 5.32 Å². The molecule has 0 atom stereocenters. The molecule has 0 radical (unpaired) electrons. The molecule has 0 unspecified atom stereocenters. The first-order chi connectivity index (χ1) is 12.9. The average Bonchev–Trinajstić information content (AvgIpc) is 2.68. The van der Waals surface area contributed by atoms with E-state index in [1.165, 1.54) is 16.4 Å². The van der Waals surface area contributed by atoms with Crippen molar-refractivity contribution in [2.75, 3.05) is 31.6 Å². The minimum absolute atomic E-state index is 0.134. The Morgan fingerprint density at radius 1 is 1.19 bits per heavy atom. The third-order valence-electron chi connectivity index (χ3n) is 4.16. The van der Waals surface area contributed by atoms with Crippen LogP contribution in [0.3, 0.4) is 0 Å². The number of hydrogen-bond acceptors (Lipinski definition) is 7. The summed E-state index contributed by atoms with van der Waals surface area (Å²) in [6.45, 7) is 0.854. The standard InChI is InChI=1S/C17H19N3O6S/c21-12-13-2-1-3-14(10-13)18-16-5-4-15(11-17(16)20(22)23)27(24,25)19-6-8-26-9-7-19/h1-5,10-11,18,21H,6-9,12H2. The molecule has 9 nitrogen and oxygen atoms in total. The van der Waals surface area contributed by atoms with Gasteiger partial charge in [-0.1, -0.05) is 12.1 Å². The van der Waals surface area contributed by atoms with Crippen LogP contribution in [0.25, 0.3) is 0 Å². The molecule has 0 amide bonds. The van der Waals surface area contributed by atoms with E-state index < -0.39 is 14.9 Å². The second-order valence-electron chi connectivity index (χ2n) is 5.94. The number of nitro groups is 1. The van der Waals surface area contributed by atoms with Gasteiger partial charge < -0.3 is 15.2 Å². The highest BCUT2D eigenvalue weighted by Gasteiger charge is 2.28. The molecule has 10 heteroatoms.